The van der Waals surface area contributed by atoms with Gasteiger partial charge in [0.1, 0.15) is 11.6 Å². The standard InChI is InChI=1S/C19H20ClN3O.ClH/c1-13-12-23(17(21)11-10-14-6-3-2-4-7-14)22-18(13)15-8-5-9-16(20)19(15)24;/h2-9,13,21,24H,10-12H2,1H3;1H. The second-order valence-electron chi connectivity index (χ2n) is 6.04. The summed E-state index contributed by atoms with van der Waals surface area (Å²) in [4.78, 5) is 0. The van der Waals surface area contributed by atoms with Gasteiger partial charge in [-0.3, -0.25) is 10.4 Å². The van der Waals surface area contributed by atoms with Gasteiger partial charge in [0.25, 0.3) is 0 Å². The molecule has 0 amide bonds. The van der Waals surface area contributed by atoms with E-state index in [-0.39, 0.29) is 24.1 Å². The van der Waals surface area contributed by atoms with E-state index in [1.807, 2.05) is 31.2 Å². The van der Waals surface area contributed by atoms with Crippen LogP contribution >= 0.6 is 24.0 Å². The number of aryl methyl sites for hydroxylation is 1. The van der Waals surface area contributed by atoms with Crippen LogP contribution in [0.5, 0.6) is 5.75 Å². The van der Waals surface area contributed by atoms with E-state index in [0.29, 0.717) is 29.4 Å². The second-order valence-corrected chi connectivity index (χ2v) is 6.44. The van der Waals surface area contributed by atoms with E-state index in [9.17, 15) is 5.11 Å². The smallest absolute Gasteiger partial charge is 0.143 e. The molecule has 2 N–H and O–H groups in total. The molecule has 0 radical (unpaired) electrons. The molecule has 0 saturated carbocycles. The number of nitrogens with zero attached hydrogens (tertiary/aromatic N) is 2. The highest BCUT2D eigenvalue weighted by Crippen LogP contribution is 2.31. The number of phenols is 1. The molecule has 0 fully saturated rings. The first-order valence-corrected chi connectivity index (χ1v) is 8.39. The Kier molecular flexibility index (Phi) is 6.45. The lowest BCUT2D eigenvalue weighted by Crippen LogP contribution is -2.25. The fraction of sp³-hybridized carbons (Fsp3) is 0.263. The van der Waals surface area contributed by atoms with Crippen LogP contribution in [0, 0.1) is 11.3 Å². The zero-order chi connectivity index (χ0) is 17.1. The molecule has 0 aromatic heterocycles. The molecule has 0 aliphatic carbocycles. The van der Waals surface area contributed by atoms with Gasteiger partial charge in [-0.2, -0.15) is 5.10 Å². The molecule has 132 valence electrons. The Balaban J connectivity index is 0.00000225. The summed E-state index contributed by atoms with van der Waals surface area (Å²) in [6.45, 7) is 2.69. The summed E-state index contributed by atoms with van der Waals surface area (Å²) >= 11 is 6.00. The molecular weight excluding hydrogens is 357 g/mol. The summed E-state index contributed by atoms with van der Waals surface area (Å²) in [5.41, 5.74) is 2.64. The van der Waals surface area contributed by atoms with Crippen LogP contribution in [0.15, 0.2) is 53.6 Å². The number of hydrazone groups is 1. The van der Waals surface area contributed by atoms with Gasteiger partial charge < -0.3 is 5.11 Å². The van der Waals surface area contributed by atoms with Crippen molar-refractivity contribution in [3.8, 4) is 5.75 Å². The van der Waals surface area contributed by atoms with Gasteiger partial charge in [0.15, 0.2) is 0 Å². The summed E-state index contributed by atoms with van der Waals surface area (Å²) in [6.07, 6.45) is 1.45. The van der Waals surface area contributed by atoms with Crippen LogP contribution in [0.1, 0.15) is 24.5 Å². The number of phenolic OH excluding ortho intramolecular Hbond substituents is 1. The van der Waals surface area contributed by atoms with Crippen molar-refractivity contribution in [3.63, 3.8) is 0 Å². The Labute approximate surface area is 159 Å². The number of aromatic hydroxyl groups is 1. The number of hydrogen-bond donors (Lipinski definition) is 2. The van der Waals surface area contributed by atoms with Gasteiger partial charge >= 0.3 is 0 Å². The number of amidine groups is 1. The van der Waals surface area contributed by atoms with Gasteiger partial charge in [0.05, 0.1) is 17.3 Å². The lowest BCUT2D eigenvalue weighted by molar-refractivity contribution is 0.443. The average molecular weight is 378 g/mol. The van der Waals surface area contributed by atoms with E-state index >= 15 is 0 Å². The highest BCUT2D eigenvalue weighted by atomic mass is 35.5. The molecule has 1 heterocycles. The summed E-state index contributed by atoms with van der Waals surface area (Å²) in [6, 6.07) is 15.4. The van der Waals surface area contributed by atoms with Crippen LogP contribution in [0.2, 0.25) is 5.02 Å². The van der Waals surface area contributed by atoms with Gasteiger partial charge in [-0.15, -0.1) is 12.4 Å². The monoisotopic (exact) mass is 377 g/mol. The van der Waals surface area contributed by atoms with Crippen LogP contribution in [-0.4, -0.2) is 28.2 Å². The molecule has 1 atom stereocenters. The van der Waals surface area contributed by atoms with Crippen molar-refractivity contribution in [2.45, 2.75) is 19.8 Å². The molecule has 25 heavy (non-hydrogen) atoms. The third-order valence-corrected chi connectivity index (χ3v) is 4.51. The molecule has 1 unspecified atom stereocenters. The fourth-order valence-electron chi connectivity index (χ4n) is 2.86. The van der Waals surface area contributed by atoms with Crippen molar-refractivity contribution in [1.29, 1.82) is 5.41 Å². The summed E-state index contributed by atoms with van der Waals surface area (Å²) in [5.74, 6) is 0.677. The van der Waals surface area contributed by atoms with Crippen molar-refractivity contribution >= 4 is 35.6 Å². The molecule has 0 saturated heterocycles. The van der Waals surface area contributed by atoms with Crippen molar-refractivity contribution in [2.24, 2.45) is 11.0 Å². The number of hydrogen-bond acceptors (Lipinski definition) is 3. The first-order valence-electron chi connectivity index (χ1n) is 8.01. The largest absolute Gasteiger partial charge is 0.506 e. The van der Waals surface area contributed by atoms with Gasteiger partial charge in [0.2, 0.25) is 0 Å². The molecule has 0 bridgehead atoms. The van der Waals surface area contributed by atoms with Gasteiger partial charge in [-0.1, -0.05) is 54.9 Å². The Hall–Kier alpha value is -2.04. The van der Waals surface area contributed by atoms with Gasteiger partial charge in [-0.25, -0.2) is 0 Å². The SMILES string of the molecule is CC1CN(C(=N)CCc2ccccc2)N=C1c1cccc(Cl)c1O.Cl. The number of benzene rings is 2. The Morgan fingerprint density at radius 3 is 2.68 bits per heavy atom. The highest BCUT2D eigenvalue weighted by molar-refractivity contribution is 6.32. The Bertz CT molecular complexity index is 777. The lowest BCUT2D eigenvalue weighted by Gasteiger charge is -2.15. The third-order valence-electron chi connectivity index (χ3n) is 4.21. The van der Waals surface area contributed by atoms with E-state index in [0.717, 1.165) is 12.1 Å². The molecule has 1 aliphatic rings. The average Bonchev–Trinajstić information content (AvgIpc) is 2.98. The maximum absolute atomic E-state index is 10.2. The number of para-hydroxylation sites is 1. The summed E-state index contributed by atoms with van der Waals surface area (Å²) in [5, 5.41) is 25.1. The second kappa shape index (κ2) is 8.37. The molecule has 1 aliphatic heterocycles. The Morgan fingerprint density at radius 1 is 1.24 bits per heavy atom. The normalized spacial score (nSPS) is 16.3. The summed E-state index contributed by atoms with van der Waals surface area (Å²) in [7, 11) is 0. The molecular formula is C19H21Cl2N3O. The maximum atomic E-state index is 10.2. The van der Waals surface area contributed by atoms with Gasteiger partial charge in [0, 0.05) is 17.9 Å². The first kappa shape index (κ1) is 19.3. The molecule has 2 aromatic rings. The Morgan fingerprint density at radius 2 is 1.96 bits per heavy atom. The van der Waals surface area contributed by atoms with E-state index in [1.54, 1.807) is 17.1 Å². The first-order chi connectivity index (χ1) is 11.6. The van der Waals surface area contributed by atoms with Crippen molar-refractivity contribution in [3.05, 3.63) is 64.7 Å². The van der Waals surface area contributed by atoms with Crippen molar-refractivity contribution in [1.82, 2.24) is 5.01 Å². The predicted octanol–water partition coefficient (Wildman–Crippen LogP) is 4.73. The van der Waals surface area contributed by atoms with E-state index in [4.69, 9.17) is 17.0 Å². The minimum absolute atomic E-state index is 0. The van der Waals surface area contributed by atoms with E-state index in [2.05, 4.69) is 17.2 Å². The topological polar surface area (TPSA) is 59.7 Å². The van der Waals surface area contributed by atoms with Crippen LogP contribution in [-0.2, 0) is 6.42 Å². The highest BCUT2D eigenvalue weighted by Gasteiger charge is 2.28. The van der Waals surface area contributed by atoms with Crippen molar-refractivity contribution in [2.75, 3.05) is 6.54 Å². The van der Waals surface area contributed by atoms with Crippen LogP contribution < -0.4 is 0 Å². The van der Waals surface area contributed by atoms with E-state index < -0.39 is 0 Å². The van der Waals surface area contributed by atoms with E-state index in [1.165, 1.54) is 5.56 Å². The maximum Gasteiger partial charge on any atom is 0.143 e. The quantitative estimate of drug-likeness (QED) is 0.597. The molecule has 4 nitrogen and oxygen atoms in total. The molecule has 2 aromatic carbocycles. The fourth-order valence-corrected chi connectivity index (χ4v) is 3.04. The predicted molar refractivity (Wildman–Crippen MR) is 105 cm³/mol. The molecule has 0 spiro atoms. The zero-order valence-electron chi connectivity index (χ0n) is 13.9. The minimum Gasteiger partial charge on any atom is -0.506 e. The molecule has 6 heteroatoms. The number of rotatable bonds is 4. The third kappa shape index (κ3) is 4.33. The zero-order valence-corrected chi connectivity index (χ0v) is 15.5. The van der Waals surface area contributed by atoms with Gasteiger partial charge in [-0.05, 0) is 24.1 Å². The van der Waals surface area contributed by atoms with Crippen LogP contribution in [0.3, 0.4) is 0 Å². The van der Waals surface area contributed by atoms with Crippen molar-refractivity contribution < 1.29 is 5.11 Å². The molecule has 3 rings (SSSR count). The number of halogens is 2. The lowest BCUT2D eigenvalue weighted by atomic mass is 9.98. The summed E-state index contributed by atoms with van der Waals surface area (Å²) < 4.78 is 0. The number of nitrogens with one attached hydrogen (secondary N) is 1. The minimum atomic E-state index is 0. The van der Waals surface area contributed by atoms with Crippen LogP contribution in [0.25, 0.3) is 0 Å². The van der Waals surface area contributed by atoms with Crippen LogP contribution in [0.4, 0.5) is 0 Å².